The molecule has 0 saturated carbocycles. The first-order chi connectivity index (χ1) is 4.04. The molecule has 0 aromatic carbocycles. The summed E-state index contributed by atoms with van der Waals surface area (Å²) in [6, 6.07) is 0. The minimum Gasteiger partial charge on any atom is -0.484 e. The van der Waals surface area contributed by atoms with E-state index in [2.05, 4.69) is 0 Å². The highest BCUT2D eigenvalue weighted by molar-refractivity contribution is 7.80. The van der Waals surface area contributed by atoms with Crippen molar-refractivity contribution >= 4 is 17.3 Å². The second-order valence-corrected chi connectivity index (χ2v) is 3.04. The van der Waals surface area contributed by atoms with Gasteiger partial charge in [-0.1, -0.05) is 13.8 Å². The summed E-state index contributed by atoms with van der Waals surface area (Å²) in [5, 5.41) is 0.713. The van der Waals surface area contributed by atoms with Gasteiger partial charge in [-0.05, 0) is 26.1 Å². The van der Waals surface area contributed by atoms with Crippen molar-refractivity contribution in [2.24, 2.45) is 5.92 Å². The number of thiocarbonyl (C=S) groups is 1. The van der Waals surface area contributed by atoms with Gasteiger partial charge in [-0.3, -0.25) is 0 Å². The lowest BCUT2D eigenvalue weighted by Crippen LogP contribution is -2.14. The van der Waals surface area contributed by atoms with Gasteiger partial charge < -0.3 is 4.74 Å². The van der Waals surface area contributed by atoms with Crippen LogP contribution in [0.25, 0.3) is 0 Å². The van der Waals surface area contributed by atoms with Crippen LogP contribution in [-0.4, -0.2) is 11.2 Å². The number of hydrogen-bond donors (Lipinski definition) is 0. The monoisotopic (exact) mass is 146 g/mol. The minimum absolute atomic E-state index is 0.222. The maximum absolute atomic E-state index is 5.24. The summed E-state index contributed by atoms with van der Waals surface area (Å²) in [5.74, 6) is 0.363. The average Bonchev–Trinajstić information content (AvgIpc) is 1.63. The van der Waals surface area contributed by atoms with Crippen molar-refractivity contribution in [2.45, 2.75) is 33.8 Å². The second-order valence-electron chi connectivity index (χ2n) is 2.64. The molecule has 0 fully saturated rings. The Labute approximate surface area is 62.4 Å². The minimum atomic E-state index is 0.222. The van der Waals surface area contributed by atoms with E-state index in [1.54, 1.807) is 0 Å². The maximum Gasteiger partial charge on any atom is 0.162 e. The Morgan fingerprint density at radius 1 is 1.22 bits per heavy atom. The Morgan fingerprint density at radius 2 is 1.67 bits per heavy atom. The summed E-state index contributed by atoms with van der Waals surface area (Å²) in [7, 11) is 0. The Balaban J connectivity index is 3.51. The van der Waals surface area contributed by atoms with Crippen LogP contribution in [0, 0.1) is 5.92 Å². The standard InChI is InChI=1S/C7H14OS/c1-5(2)7(9)8-6(3)4/h5-6H,1-4H3. The zero-order valence-electron chi connectivity index (χ0n) is 6.47. The fourth-order valence-electron chi connectivity index (χ4n) is 0.368. The molecule has 0 aliphatic rings. The Hall–Kier alpha value is -0.110. The summed E-state index contributed by atoms with van der Waals surface area (Å²) in [6.07, 6.45) is 0.222. The molecule has 0 heterocycles. The van der Waals surface area contributed by atoms with E-state index in [9.17, 15) is 0 Å². The largest absolute Gasteiger partial charge is 0.484 e. The lowest BCUT2D eigenvalue weighted by molar-refractivity contribution is 0.222. The average molecular weight is 146 g/mol. The highest BCUT2D eigenvalue weighted by Gasteiger charge is 2.04. The molecule has 0 amide bonds. The Bertz CT molecular complexity index is 97.1. The third-order valence-corrected chi connectivity index (χ3v) is 1.39. The molecular formula is C7H14OS. The molecule has 0 aliphatic carbocycles. The first-order valence-corrected chi connectivity index (χ1v) is 3.65. The van der Waals surface area contributed by atoms with Gasteiger partial charge in [0, 0.05) is 5.92 Å². The van der Waals surface area contributed by atoms with Crippen LogP contribution < -0.4 is 0 Å². The first kappa shape index (κ1) is 8.89. The van der Waals surface area contributed by atoms with Gasteiger partial charge >= 0.3 is 0 Å². The molecule has 0 aromatic rings. The Morgan fingerprint density at radius 3 is 1.78 bits per heavy atom. The lowest BCUT2D eigenvalue weighted by Gasteiger charge is -2.12. The van der Waals surface area contributed by atoms with Gasteiger partial charge in [0.15, 0.2) is 5.05 Å². The van der Waals surface area contributed by atoms with Crippen molar-refractivity contribution in [2.75, 3.05) is 0 Å². The third kappa shape index (κ3) is 4.40. The topological polar surface area (TPSA) is 9.23 Å². The highest BCUT2D eigenvalue weighted by Crippen LogP contribution is 2.01. The van der Waals surface area contributed by atoms with Crippen LogP contribution in [0.1, 0.15) is 27.7 Å². The molecule has 0 radical (unpaired) electrons. The predicted molar refractivity (Wildman–Crippen MR) is 43.7 cm³/mol. The van der Waals surface area contributed by atoms with Crippen LogP contribution in [0.15, 0.2) is 0 Å². The maximum atomic E-state index is 5.24. The first-order valence-electron chi connectivity index (χ1n) is 3.24. The van der Waals surface area contributed by atoms with Gasteiger partial charge in [0.1, 0.15) is 0 Å². The van der Waals surface area contributed by atoms with Crippen molar-refractivity contribution in [3.05, 3.63) is 0 Å². The van der Waals surface area contributed by atoms with Gasteiger partial charge in [-0.15, -0.1) is 0 Å². The summed E-state index contributed by atoms with van der Waals surface area (Å²) in [4.78, 5) is 0. The van der Waals surface area contributed by atoms with Crippen LogP contribution in [0.2, 0.25) is 0 Å². The number of ether oxygens (including phenoxy) is 1. The summed E-state index contributed by atoms with van der Waals surface area (Å²) < 4.78 is 5.24. The van der Waals surface area contributed by atoms with Gasteiger partial charge in [0.05, 0.1) is 6.10 Å². The van der Waals surface area contributed by atoms with Crippen molar-refractivity contribution < 1.29 is 4.74 Å². The van der Waals surface area contributed by atoms with Crippen molar-refractivity contribution in [3.63, 3.8) is 0 Å². The smallest absolute Gasteiger partial charge is 0.162 e. The molecule has 9 heavy (non-hydrogen) atoms. The summed E-state index contributed by atoms with van der Waals surface area (Å²) in [5.41, 5.74) is 0. The normalized spacial score (nSPS) is 10.4. The van der Waals surface area contributed by atoms with Crippen LogP contribution >= 0.6 is 12.2 Å². The second kappa shape index (κ2) is 3.83. The fourth-order valence-corrected chi connectivity index (χ4v) is 0.561. The Kier molecular flexibility index (Phi) is 3.78. The van der Waals surface area contributed by atoms with Crippen molar-refractivity contribution in [1.82, 2.24) is 0 Å². The molecule has 0 bridgehead atoms. The molecular weight excluding hydrogens is 132 g/mol. The zero-order valence-corrected chi connectivity index (χ0v) is 7.29. The van der Waals surface area contributed by atoms with Gasteiger partial charge in [-0.2, -0.15) is 0 Å². The molecule has 0 N–H and O–H groups in total. The molecule has 1 nitrogen and oxygen atoms in total. The fraction of sp³-hybridized carbons (Fsp3) is 0.857. The molecule has 0 aliphatic heterocycles. The third-order valence-electron chi connectivity index (χ3n) is 0.823. The molecule has 2 heteroatoms. The number of hydrogen-bond acceptors (Lipinski definition) is 2. The van der Waals surface area contributed by atoms with Crippen molar-refractivity contribution in [1.29, 1.82) is 0 Å². The van der Waals surface area contributed by atoms with Crippen LogP contribution in [-0.2, 0) is 4.74 Å². The predicted octanol–water partition coefficient (Wildman–Crippen LogP) is 2.39. The van der Waals surface area contributed by atoms with E-state index < -0.39 is 0 Å². The van der Waals surface area contributed by atoms with Crippen LogP contribution in [0.4, 0.5) is 0 Å². The van der Waals surface area contributed by atoms with Crippen LogP contribution in [0.3, 0.4) is 0 Å². The van der Waals surface area contributed by atoms with E-state index in [4.69, 9.17) is 17.0 Å². The van der Waals surface area contributed by atoms with E-state index in [1.807, 2.05) is 27.7 Å². The summed E-state index contributed by atoms with van der Waals surface area (Å²) >= 11 is 4.93. The van der Waals surface area contributed by atoms with Crippen LogP contribution in [0.5, 0.6) is 0 Å². The quantitative estimate of drug-likeness (QED) is 0.553. The summed E-state index contributed by atoms with van der Waals surface area (Å²) in [6.45, 7) is 8.03. The molecule has 0 saturated heterocycles. The molecule has 0 aromatic heterocycles. The zero-order chi connectivity index (χ0) is 7.44. The molecule has 0 spiro atoms. The van der Waals surface area contributed by atoms with E-state index >= 15 is 0 Å². The number of rotatable bonds is 2. The molecule has 54 valence electrons. The van der Waals surface area contributed by atoms with Crippen molar-refractivity contribution in [3.8, 4) is 0 Å². The van der Waals surface area contributed by atoms with E-state index in [1.165, 1.54) is 0 Å². The highest BCUT2D eigenvalue weighted by atomic mass is 32.1. The van der Waals surface area contributed by atoms with E-state index in [-0.39, 0.29) is 6.10 Å². The van der Waals surface area contributed by atoms with E-state index in [0.29, 0.717) is 11.0 Å². The van der Waals surface area contributed by atoms with E-state index in [0.717, 1.165) is 0 Å². The SMILES string of the molecule is CC(C)OC(=S)C(C)C. The lowest BCUT2D eigenvalue weighted by atomic mass is 10.2. The van der Waals surface area contributed by atoms with Gasteiger partial charge in [0.2, 0.25) is 0 Å². The van der Waals surface area contributed by atoms with Gasteiger partial charge in [-0.25, -0.2) is 0 Å². The molecule has 0 rings (SSSR count). The molecule has 0 unspecified atom stereocenters. The molecule has 0 atom stereocenters. The van der Waals surface area contributed by atoms with Gasteiger partial charge in [0.25, 0.3) is 0 Å².